The van der Waals surface area contributed by atoms with Crippen molar-refractivity contribution >= 4 is 29.5 Å². The molecule has 0 aliphatic carbocycles. The second kappa shape index (κ2) is 13.3. The molecule has 1 unspecified atom stereocenters. The molecule has 1 atom stereocenters. The Balaban J connectivity index is 1.26. The smallest absolute Gasteiger partial charge is 0.338 e. The number of carbonyl (C=O) groups excluding carboxylic acids is 3. The predicted octanol–water partition coefficient (Wildman–Crippen LogP) is 6.98. The van der Waals surface area contributed by atoms with E-state index < -0.39 is 12.0 Å². The first-order valence-electron chi connectivity index (χ1n) is 14.6. The van der Waals surface area contributed by atoms with Gasteiger partial charge in [0.2, 0.25) is 0 Å². The number of benzene rings is 3. The van der Waals surface area contributed by atoms with Crippen LogP contribution in [0.25, 0.3) is 0 Å². The molecule has 2 aliphatic rings. The molecule has 0 bridgehead atoms. The van der Waals surface area contributed by atoms with Gasteiger partial charge in [-0.25, -0.2) is 9.59 Å². The van der Waals surface area contributed by atoms with E-state index in [9.17, 15) is 14.4 Å². The summed E-state index contributed by atoms with van der Waals surface area (Å²) in [6, 6.07) is 23.0. The number of amides is 3. The zero-order valence-corrected chi connectivity index (χ0v) is 25.3. The Bertz CT molecular complexity index is 1500. The van der Waals surface area contributed by atoms with Crippen LogP contribution in [-0.2, 0) is 9.53 Å². The summed E-state index contributed by atoms with van der Waals surface area (Å²) < 4.78 is 11.4. The number of allylic oxidation sites excluding steroid dienone is 1. The zero-order valence-electron chi connectivity index (χ0n) is 24.6. The highest BCUT2D eigenvalue weighted by atomic mass is 35.5. The number of halogens is 1. The van der Waals surface area contributed by atoms with Gasteiger partial charge in [-0.2, -0.15) is 0 Å². The summed E-state index contributed by atoms with van der Waals surface area (Å²) in [7, 11) is 0. The normalized spacial score (nSPS) is 17.6. The van der Waals surface area contributed by atoms with E-state index >= 15 is 0 Å². The molecule has 3 aromatic carbocycles. The van der Waals surface area contributed by atoms with Crippen LogP contribution >= 0.6 is 11.6 Å². The minimum Gasteiger partial charge on any atom is -0.459 e. The summed E-state index contributed by atoms with van der Waals surface area (Å²) >= 11 is 6.33. The highest BCUT2D eigenvalue weighted by molar-refractivity contribution is 6.30. The fraction of sp³-hybridized carbons (Fsp3) is 0.324. The van der Waals surface area contributed by atoms with Gasteiger partial charge in [-0.3, -0.25) is 4.79 Å². The third-order valence-electron chi connectivity index (χ3n) is 7.71. The van der Waals surface area contributed by atoms with Gasteiger partial charge in [-0.15, -0.1) is 0 Å². The van der Waals surface area contributed by atoms with Crippen molar-refractivity contribution in [3.8, 4) is 11.5 Å². The van der Waals surface area contributed by atoms with Gasteiger partial charge in [0.05, 0.1) is 17.7 Å². The van der Waals surface area contributed by atoms with Crippen molar-refractivity contribution in [2.45, 2.75) is 45.8 Å². The Morgan fingerprint density at radius 1 is 0.953 bits per heavy atom. The van der Waals surface area contributed by atoms with Gasteiger partial charge in [0.25, 0.3) is 5.91 Å². The molecule has 2 heterocycles. The van der Waals surface area contributed by atoms with Gasteiger partial charge >= 0.3 is 12.0 Å². The van der Waals surface area contributed by atoms with Gasteiger partial charge in [-0.1, -0.05) is 41.9 Å². The van der Waals surface area contributed by atoms with E-state index in [0.29, 0.717) is 47.2 Å². The molecule has 1 fully saturated rings. The second-order valence-corrected chi connectivity index (χ2v) is 11.6. The lowest BCUT2D eigenvalue weighted by atomic mass is 9.90. The lowest BCUT2D eigenvalue weighted by Gasteiger charge is -2.41. The van der Waals surface area contributed by atoms with Gasteiger partial charge in [0.1, 0.15) is 11.5 Å². The number of nitrogens with zero attached hydrogens (tertiary/aromatic N) is 2. The van der Waals surface area contributed by atoms with E-state index in [1.807, 2.05) is 47.4 Å². The molecule has 3 amide bonds. The number of hydrogen-bond acceptors (Lipinski definition) is 5. The summed E-state index contributed by atoms with van der Waals surface area (Å²) in [5.74, 6) is 1.03. The Hall–Kier alpha value is -4.30. The summed E-state index contributed by atoms with van der Waals surface area (Å²) in [5, 5.41) is 3.38. The monoisotopic (exact) mass is 601 g/mol. The molecule has 0 radical (unpaired) electrons. The molecular weight excluding hydrogens is 566 g/mol. The van der Waals surface area contributed by atoms with E-state index in [-0.39, 0.29) is 24.0 Å². The van der Waals surface area contributed by atoms with Crippen LogP contribution in [0.5, 0.6) is 11.5 Å². The van der Waals surface area contributed by atoms with Gasteiger partial charge in [-0.05, 0) is 93.6 Å². The Labute approximate surface area is 257 Å². The van der Waals surface area contributed by atoms with Crippen LogP contribution in [0.1, 0.15) is 55.6 Å². The maximum absolute atomic E-state index is 13.4. The average Bonchev–Trinajstić information content (AvgIpc) is 2.99. The molecule has 1 N–H and O–H groups in total. The zero-order chi connectivity index (χ0) is 30.5. The minimum absolute atomic E-state index is 0.0329. The number of hydrogen-bond donors (Lipinski definition) is 1. The van der Waals surface area contributed by atoms with Crippen LogP contribution in [0.4, 0.5) is 4.79 Å². The lowest BCUT2D eigenvalue weighted by Crippen LogP contribution is -2.51. The van der Waals surface area contributed by atoms with Crippen molar-refractivity contribution in [3.05, 3.63) is 106 Å². The molecule has 0 spiro atoms. The molecule has 0 aromatic heterocycles. The van der Waals surface area contributed by atoms with E-state index in [1.54, 1.807) is 62.1 Å². The van der Waals surface area contributed by atoms with Crippen LogP contribution in [0.15, 0.2) is 90.1 Å². The van der Waals surface area contributed by atoms with Gasteiger partial charge < -0.3 is 24.6 Å². The first kappa shape index (κ1) is 30.2. The fourth-order valence-electron chi connectivity index (χ4n) is 5.60. The van der Waals surface area contributed by atoms with Gasteiger partial charge in [0.15, 0.2) is 0 Å². The number of urea groups is 1. The highest BCUT2D eigenvalue weighted by Crippen LogP contribution is 2.37. The number of ether oxygens (including phenoxy) is 2. The molecule has 0 saturated carbocycles. The molecular formula is C34H36ClN3O5. The number of rotatable bonds is 8. The van der Waals surface area contributed by atoms with Crippen molar-refractivity contribution in [2.75, 3.05) is 19.6 Å². The maximum atomic E-state index is 13.4. The summed E-state index contributed by atoms with van der Waals surface area (Å²) in [6.07, 6.45) is 1.14. The highest BCUT2D eigenvalue weighted by Gasteiger charge is 2.40. The molecule has 3 aromatic rings. The van der Waals surface area contributed by atoms with E-state index in [1.165, 1.54) is 0 Å². The number of carbonyl (C=O) groups is 3. The Morgan fingerprint density at radius 3 is 2.28 bits per heavy atom. The maximum Gasteiger partial charge on any atom is 0.338 e. The quantitative estimate of drug-likeness (QED) is 0.282. The van der Waals surface area contributed by atoms with E-state index in [0.717, 1.165) is 24.2 Å². The van der Waals surface area contributed by atoms with Crippen molar-refractivity contribution < 1.29 is 23.9 Å². The second-order valence-electron chi connectivity index (χ2n) is 11.2. The third kappa shape index (κ3) is 7.20. The lowest BCUT2D eigenvalue weighted by molar-refractivity contribution is -0.143. The Kier molecular flexibility index (Phi) is 9.36. The van der Waals surface area contributed by atoms with Crippen molar-refractivity contribution in [1.82, 2.24) is 15.1 Å². The van der Waals surface area contributed by atoms with Crippen LogP contribution in [0, 0.1) is 5.92 Å². The molecule has 8 nitrogen and oxygen atoms in total. The fourth-order valence-corrected chi connectivity index (χ4v) is 5.80. The van der Waals surface area contributed by atoms with Crippen LogP contribution in [0.2, 0.25) is 5.02 Å². The topological polar surface area (TPSA) is 88.2 Å². The largest absolute Gasteiger partial charge is 0.459 e. The number of piperidine rings is 1. The van der Waals surface area contributed by atoms with Crippen molar-refractivity contribution in [1.29, 1.82) is 0 Å². The molecule has 43 heavy (non-hydrogen) atoms. The van der Waals surface area contributed by atoms with Crippen LogP contribution in [-0.4, -0.2) is 53.4 Å². The first-order valence-corrected chi connectivity index (χ1v) is 14.9. The standard InChI is InChI=1S/C34H36ClN3O5/c1-22(2)42-33(40)30-23(3)36-34(41)38(31(30)26-8-7-9-27(35)20-26)21-24-16-18-37(19-17-24)32(39)25-12-14-29(15-13-25)43-28-10-5-4-6-11-28/h4-15,20,22,24,31H,16-19,21H2,1-3H3,(H,36,41). The van der Waals surface area contributed by atoms with E-state index in [2.05, 4.69) is 5.32 Å². The Morgan fingerprint density at radius 2 is 1.63 bits per heavy atom. The molecule has 224 valence electrons. The summed E-state index contributed by atoms with van der Waals surface area (Å²) in [5.41, 5.74) is 2.20. The SMILES string of the molecule is CC1=C(C(=O)OC(C)C)C(c2cccc(Cl)c2)N(CC2CCN(C(=O)c3ccc(Oc4ccccc4)cc3)CC2)C(=O)N1. The number of esters is 1. The predicted molar refractivity (Wildman–Crippen MR) is 165 cm³/mol. The van der Waals surface area contributed by atoms with Crippen molar-refractivity contribution in [3.63, 3.8) is 0 Å². The number of nitrogens with one attached hydrogen (secondary N) is 1. The molecule has 9 heteroatoms. The van der Waals surface area contributed by atoms with Crippen LogP contribution in [0.3, 0.4) is 0 Å². The summed E-state index contributed by atoms with van der Waals surface area (Å²) in [4.78, 5) is 43.4. The first-order chi connectivity index (χ1) is 20.7. The molecule has 2 aliphatic heterocycles. The number of likely N-dealkylation sites (tertiary alicyclic amines) is 1. The number of para-hydroxylation sites is 1. The third-order valence-corrected chi connectivity index (χ3v) is 7.94. The minimum atomic E-state index is -0.644. The van der Waals surface area contributed by atoms with Gasteiger partial charge in [0, 0.05) is 35.9 Å². The van der Waals surface area contributed by atoms with Crippen LogP contribution < -0.4 is 10.1 Å². The summed E-state index contributed by atoms with van der Waals surface area (Å²) in [6.45, 7) is 6.86. The molecule has 5 rings (SSSR count). The van der Waals surface area contributed by atoms with E-state index in [4.69, 9.17) is 21.1 Å². The average molecular weight is 602 g/mol. The van der Waals surface area contributed by atoms with Crippen molar-refractivity contribution in [2.24, 2.45) is 5.92 Å². The molecule has 1 saturated heterocycles.